The summed E-state index contributed by atoms with van der Waals surface area (Å²) in [5.74, 6) is 0.830. The molecular weight excluding hydrogens is 294 g/mol. The Hall–Kier alpha value is -2.89. The molecule has 23 heavy (non-hydrogen) atoms. The first-order valence-electron chi connectivity index (χ1n) is 7.42. The second-order valence-electron chi connectivity index (χ2n) is 5.32. The van der Waals surface area contributed by atoms with Gasteiger partial charge in [-0.05, 0) is 49.1 Å². The van der Waals surface area contributed by atoms with Crippen LogP contribution in [-0.2, 0) is 6.42 Å². The lowest BCUT2D eigenvalue weighted by molar-refractivity contribution is -0.384. The van der Waals surface area contributed by atoms with Crippen molar-refractivity contribution in [1.82, 2.24) is 0 Å². The zero-order chi connectivity index (χ0) is 16.2. The minimum atomic E-state index is -0.414. The van der Waals surface area contributed by atoms with Gasteiger partial charge in [0.05, 0.1) is 17.7 Å². The van der Waals surface area contributed by atoms with Crippen molar-refractivity contribution in [2.75, 3.05) is 12.5 Å². The molecule has 1 aliphatic rings. The van der Waals surface area contributed by atoms with Crippen molar-refractivity contribution in [3.05, 3.63) is 63.7 Å². The molecule has 2 aromatic carbocycles. The monoisotopic (exact) mass is 311 g/mol. The molecule has 0 aliphatic heterocycles. The molecule has 0 heterocycles. The first-order valence-corrected chi connectivity index (χ1v) is 7.42. The highest BCUT2D eigenvalue weighted by atomic mass is 16.6. The van der Waals surface area contributed by atoms with Gasteiger partial charge < -0.3 is 4.74 Å². The van der Waals surface area contributed by atoms with E-state index in [0.29, 0.717) is 5.69 Å². The zero-order valence-corrected chi connectivity index (χ0v) is 12.8. The second-order valence-corrected chi connectivity index (χ2v) is 5.32. The molecule has 3 rings (SSSR count). The van der Waals surface area contributed by atoms with Crippen LogP contribution >= 0.6 is 0 Å². The van der Waals surface area contributed by atoms with Crippen LogP contribution in [0.1, 0.15) is 24.0 Å². The maximum Gasteiger partial charge on any atom is 0.294 e. The Kier molecular flexibility index (Phi) is 4.23. The van der Waals surface area contributed by atoms with E-state index in [-0.39, 0.29) is 5.69 Å². The van der Waals surface area contributed by atoms with Crippen LogP contribution in [0.3, 0.4) is 0 Å². The summed E-state index contributed by atoms with van der Waals surface area (Å²) in [6.07, 6.45) is 2.82. The zero-order valence-electron chi connectivity index (χ0n) is 12.8. The standard InChI is InChI=1S/C17H17N3O3/c1-23-13-9-10-14-12(11-13)5-4-7-15(14)18-19-16-6-2-3-8-17(16)20(21)22/h2-3,6,8-11,19H,4-5,7H2,1H3. The third-order valence-corrected chi connectivity index (χ3v) is 3.90. The number of benzene rings is 2. The largest absolute Gasteiger partial charge is 0.497 e. The Morgan fingerprint density at radius 2 is 2.04 bits per heavy atom. The molecule has 0 saturated carbocycles. The number of hydrogen-bond acceptors (Lipinski definition) is 5. The number of methoxy groups -OCH3 is 1. The van der Waals surface area contributed by atoms with Crippen molar-refractivity contribution in [3.63, 3.8) is 0 Å². The summed E-state index contributed by atoms with van der Waals surface area (Å²) in [4.78, 5) is 10.6. The van der Waals surface area contributed by atoms with Crippen LogP contribution in [0.5, 0.6) is 5.75 Å². The lowest BCUT2D eigenvalue weighted by Gasteiger charge is -2.18. The predicted octanol–water partition coefficient (Wildman–Crippen LogP) is 3.76. The number of fused-ring (bicyclic) bond motifs is 1. The van der Waals surface area contributed by atoms with Crippen LogP contribution in [0, 0.1) is 10.1 Å². The van der Waals surface area contributed by atoms with Crippen molar-refractivity contribution < 1.29 is 9.66 Å². The number of ether oxygens (including phenoxy) is 1. The number of nitro benzene ring substituents is 1. The maximum absolute atomic E-state index is 11.0. The summed E-state index contributed by atoms with van der Waals surface area (Å²) in [5, 5.41) is 15.5. The highest BCUT2D eigenvalue weighted by Gasteiger charge is 2.17. The molecule has 0 saturated heterocycles. The topological polar surface area (TPSA) is 76.8 Å². The van der Waals surface area contributed by atoms with Crippen LogP contribution in [0.2, 0.25) is 0 Å². The Morgan fingerprint density at radius 3 is 2.83 bits per heavy atom. The highest BCUT2D eigenvalue weighted by Crippen LogP contribution is 2.27. The predicted molar refractivity (Wildman–Crippen MR) is 89.2 cm³/mol. The van der Waals surface area contributed by atoms with Crippen LogP contribution in [0.15, 0.2) is 47.6 Å². The lowest BCUT2D eigenvalue weighted by atomic mass is 9.90. The van der Waals surface area contributed by atoms with E-state index in [2.05, 4.69) is 10.5 Å². The highest BCUT2D eigenvalue weighted by molar-refractivity contribution is 6.03. The van der Waals surface area contributed by atoms with Gasteiger partial charge in [0, 0.05) is 11.6 Å². The number of anilines is 1. The number of hydrazone groups is 1. The Bertz CT molecular complexity index is 771. The molecule has 0 spiro atoms. The number of aryl methyl sites for hydroxylation is 1. The molecule has 0 unspecified atom stereocenters. The van der Waals surface area contributed by atoms with E-state index < -0.39 is 4.92 Å². The summed E-state index contributed by atoms with van der Waals surface area (Å²) in [5.41, 5.74) is 6.43. The van der Waals surface area contributed by atoms with E-state index in [1.54, 1.807) is 25.3 Å². The van der Waals surface area contributed by atoms with E-state index >= 15 is 0 Å². The number of rotatable bonds is 4. The first-order chi connectivity index (χ1) is 11.2. The summed E-state index contributed by atoms with van der Waals surface area (Å²) < 4.78 is 5.26. The summed E-state index contributed by atoms with van der Waals surface area (Å²) in [7, 11) is 1.65. The Balaban J connectivity index is 1.89. The van der Waals surface area contributed by atoms with E-state index in [4.69, 9.17) is 4.74 Å². The van der Waals surface area contributed by atoms with E-state index in [0.717, 1.165) is 36.3 Å². The van der Waals surface area contributed by atoms with Crippen molar-refractivity contribution in [3.8, 4) is 5.75 Å². The molecule has 0 amide bonds. The van der Waals surface area contributed by atoms with Gasteiger partial charge in [0.1, 0.15) is 11.4 Å². The second kappa shape index (κ2) is 6.48. The van der Waals surface area contributed by atoms with Gasteiger partial charge in [-0.3, -0.25) is 15.5 Å². The molecular formula is C17H17N3O3. The van der Waals surface area contributed by atoms with E-state index in [1.807, 2.05) is 18.2 Å². The smallest absolute Gasteiger partial charge is 0.294 e. The van der Waals surface area contributed by atoms with Gasteiger partial charge >= 0.3 is 0 Å². The van der Waals surface area contributed by atoms with Gasteiger partial charge in [-0.25, -0.2) is 0 Å². The minimum Gasteiger partial charge on any atom is -0.497 e. The van der Waals surface area contributed by atoms with Gasteiger partial charge in [-0.1, -0.05) is 12.1 Å². The van der Waals surface area contributed by atoms with Gasteiger partial charge in [0.15, 0.2) is 0 Å². The molecule has 0 fully saturated rings. The van der Waals surface area contributed by atoms with Crippen molar-refractivity contribution >= 4 is 17.1 Å². The van der Waals surface area contributed by atoms with Gasteiger partial charge in [0.2, 0.25) is 0 Å². The summed E-state index contributed by atoms with van der Waals surface area (Å²) >= 11 is 0. The normalized spacial score (nSPS) is 15.1. The van der Waals surface area contributed by atoms with Crippen LogP contribution in [0.25, 0.3) is 0 Å². The molecule has 118 valence electrons. The fourth-order valence-corrected chi connectivity index (χ4v) is 2.74. The van der Waals surface area contributed by atoms with Crippen LogP contribution in [0.4, 0.5) is 11.4 Å². The van der Waals surface area contributed by atoms with E-state index in [1.165, 1.54) is 11.6 Å². The van der Waals surface area contributed by atoms with Gasteiger partial charge in [-0.2, -0.15) is 5.10 Å². The third kappa shape index (κ3) is 3.15. The quantitative estimate of drug-likeness (QED) is 0.689. The molecule has 1 N–H and O–H groups in total. The molecule has 0 aromatic heterocycles. The number of para-hydroxylation sites is 2. The summed E-state index contributed by atoms with van der Waals surface area (Å²) in [6.45, 7) is 0. The van der Waals surface area contributed by atoms with Crippen molar-refractivity contribution in [2.45, 2.75) is 19.3 Å². The molecule has 0 bridgehead atoms. The van der Waals surface area contributed by atoms with Crippen molar-refractivity contribution in [1.29, 1.82) is 0 Å². The van der Waals surface area contributed by atoms with Crippen LogP contribution < -0.4 is 10.2 Å². The third-order valence-electron chi connectivity index (χ3n) is 3.90. The Labute approximate surface area is 133 Å². The molecule has 0 atom stereocenters. The summed E-state index contributed by atoms with van der Waals surface area (Å²) in [6, 6.07) is 12.4. The Morgan fingerprint density at radius 1 is 1.22 bits per heavy atom. The minimum absolute atomic E-state index is 0.0163. The SMILES string of the molecule is COc1ccc2c(c1)CCCC2=NNc1ccccc1[N+](=O)[O-]. The molecule has 0 radical (unpaired) electrons. The molecule has 1 aliphatic carbocycles. The molecule has 2 aromatic rings. The number of hydrogen-bond donors (Lipinski definition) is 1. The fraction of sp³-hybridized carbons (Fsp3) is 0.235. The van der Waals surface area contributed by atoms with Gasteiger partial charge in [-0.15, -0.1) is 0 Å². The maximum atomic E-state index is 11.0. The molecule has 6 heteroatoms. The number of nitro groups is 1. The first kappa shape index (κ1) is 15.0. The number of nitrogens with zero attached hydrogens (tertiary/aromatic N) is 2. The molecule has 6 nitrogen and oxygen atoms in total. The number of nitrogens with one attached hydrogen (secondary N) is 1. The van der Waals surface area contributed by atoms with Crippen LogP contribution in [-0.4, -0.2) is 17.7 Å². The average Bonchev–Trinajstić information content (AvgIpc) is 2.59. The fourth-order valence-electron chi connectivity index (χ4n) is 2.74. The van der Waals surface area contributed by atoms with Gasteiger partial charge in [0.25, 0.3) is 5.69 Å². The van der Waals surface area contributed by atoms with Crippen molar-refractivity contribution in [2.24, 2.45) is 5.10 Å². The van der Waals surface area contributed by atoms with E-state index in [9.17, 15) is 10.1 Å². The average molecular weight is 311 g/mol. The lowest BCUT2D eigenvalue weighted by Crippen LogP contribution is -2.14.